The molecule has 1 amide bonds. The summed E-state index contributed by atoms with van der Waals surface area (Å²) in [5.41, 5.74) is 3.00. The van der Waals surface area contributed by atoms with Crippen molar-refractivity contribution in [3.8, 4) is 0 Å². The molecule has 1 aliphatic rings. The lowest BCUT2D eigenvalue weighted by atomic mass is 9.98. The molecular formula is C20H21Cl3N2OS. The van der Waals surface area contributed by atoms with E-state index >= 15 is 0 Å². The zero-order valence-corrected chi connectivity index (χ0v) is 18.1. The zero-order chi connectivity index (χ0) is 19.6. The van der Waals surface area contributed by atoms with Crippen molar-refractivity contribution in [2.24, 2.45) is 0 Å². The van der Waals surface area contributed by atoms with Crippen LogP contribution in [0.4, 0.5) is 11.4 Å². The van der Waals surface area contributed by atoms with Gasteiger partial charge in [0.15, 0.2) is 0 Å². The Bertz CT molecular complexity index is 869. The van der Waals surface area contributed by atoms with Crippen molar-refractivity contribution in [1.29, 1.82) is 0 Å². The number of carbonyl (C=O) groups excluding carboxylic acids is 1. The Hall–Kier alpha value is -1.07. The number of thiol groups is 1. The van der Waals surface area contributed by atoms with Gasteiger partial charge >= 0.3 is 0 Å². The normalized spacial score (nSPS) is 14.7. The van der Waals surface area contributed by atoms with Crippen LogP contribution >= 0.6 is 47.4 Å². The molecule has 2 N–H and O–H groups in total. The first kappa shape index (κ1) is 20.7. The van der Waals surface area contributed by atoms with Gasteiger partial charge in [0.1, 0.15) is 0 Å². The molecule has 1 saturated carbocycles. The molecule has 3 rings (SSSR count). The molecule has 2 aromatic rings. The fourth-order valence-electron chi connectivity index (χ4n) is 2.85. The first-order chi connectivity index (χ1) is 12.8. The maximum Gasteiger partial charge on any atom is 0.257 e. The molecule has 0 atom stereocenters. The monoisotopic (exact) mass is 442 g/mol. The summed E-state index contributed by atoms with van der Waals surface area (Å²) in [5.74, 6) is 0.450. The predicted molar refractivity (Wildman–Crippen MR) is 119 cm³/mol. The molecule has 0 unspecified atom stereocenters. The summed E-state index contributed by atoms with van der Waals surface area (Å²) in [4.78, 5) is 12.8. The lowest BCUT2D eigenvalue weighted by Gasteiger charge is -2.14. The van der Waals surface area contributed by atoms with Crippen LogP contribution in [0.3, 0.4) is 0 Å². The van der Waals surface area contributed by atoms with E-state index in [-0.39, 0.29) is 16.3 Å². The van der Waals surface area contributed by atoms with Crippen LogP contribution in [0.2, 0.25) is 15.1 Å². The minimum absolute atomic E-state index is 0.155. The third-order valence-electron chi connectivity index (χ3n) is 4.79. The molecule has 0 radical (unpaired) electrons. The van der Waals surface area contributed by atoms with Gasteiger partial charge in [-0.2, -0.15) is 12.6 Å². The Morgan fingerprint density at radius 2 is 1.85 bits per heavy atom. The molecule has 144 valence electrons. The molecule has 3 nitrogen and oxygen atoms in total. The van der Waals surface area contributed by atoms with Crippen LogP contribution in [0.15, 0.2) is 30.3 Å². The van der Waals surface area contributed by atoms with E-state index in [1.54, 1.807) is 18.2 Å². The van der Waals surface area contributed by atoms with Gasteiger partial charge in [-0.15, -0.1) is 0 Å². The highest BCUT2D eigenvalue weighted by Crippen LogP contribution is 2.48. The summed E-state index contributed by atoms with van der Waals surface area (Å²) in [7, 11) is 0. The highest BCUT2D eigenvalue weighted by atomic mass is 35.5. The van der Waals surface area contributed by atoms with Crippen molar-refractivity contribution >= 4 is 64.7 Å². The van der Waals surface area contributed by atoms with Crippen molar-refractivity contribution in [2.75, 3.05) is 22.9 Å². The summed E-state index contributed by atoms with van der Waals surface area (Å²) < 4.78 is 0. The minimum atomic E-state index is -0.325. The van der Waals surface area contributed by atoms with Crippen LogP contribution in [0.5, 0.6) is 0 Å². The molecule has 0 saturated heterocycles. The molecule has 7 heteroatoms. The van der Waals surface area contributed by atoms with Crippen LogP contribution in [0.1, 0.15) is 42.1 Å². The smallest absolute Gasteiger partial charge is 0.257 e. The number of carbonyl (C=O) groups is 1. The number of rotatable bonds is 7. The molecule has 2 aromatic carbocycles. The molecule has 1 fully saturated rings. The minimum Gasteiger partial charge on any atom is -0.385 e. The first-order valence-corrected chi connectivity index (χ1v) is 10.6. The Morgan fingerprint density at radius 3 is 2.52 bits per heavy atom. The van der Waals surface area contributed by atoms with Gasteiger partial charge in [-0.1, -0.05) is 41.7 Å². The maximum atomic E-state index is 12.8. The largest absolute Gasteiger partial charge is 0.385 e. The second kappa shape index (κ2) is 8.52. The number of halogens is 3. The second-order valence-electron chi connectivity index (χ2n) is 7.07. The van der Waals surface area contributed by atoms with E-state index in [1.165, 1.54) is 0 Å². The predicted octanol–water partition coefficient (Wildman–Crippen LogP) is 6.68. The summed E-state index contributed by atoms with van der Waals surface area (Å²) in [6.07, 6.45) is 3.15. The number of nitrogens with one attached hydrogen (secondary N) is 2. The van der Waals surface area contributed by atoms with Crippen molar-refractivity contribution < 1.29 is 4.79 Å². The number of benzene rings is 2. The first-order valence-electron chi connectivity index (χ1n) is 8.78. The maximum absolute atomic E-state index is 12.8. The second-order valence-corrected chi connectivity index (χ2v) is 8.74. The Balaban J connectivity index is 1.82. The Labute approximate surface area is 180 Å². The molecule has 0 bridgehead atoms. The van der Waals surface area contributed by atoms with Gasteiger partial charge in [-0.05, 0) is 66.3 Å². The van der Waals surface area contributed by atoms with Gasteiger partial charge in [0, 0.05) is 22.9 Å². The fraction of sp³-hybridized carbons (Fsp3) is 0.350. The van der Waals surface area contributed by atoms with Gasteiger partial charge in [0.2, 0.25) is 0 Å². The van der Waals surface area contributed by atoms with Gasteiger partial charge in [0.05, 0.1) is 15.6 Å². The molecule has 0 aromatic heterocycles. The summed E-state index contributed by atoms with van der Waals surface area (Å²) >= 11 is 22.9. The summed E-state index contributed by atoms with van der Waals surface area (Å²) in [6.45, 7) is 2.93. The van der Waals surface area contributed by atoms with Crippen LogP contribution in [-0.4, -0.2) is 18.2 Å². The van der Waals surface area contributed by atoms with Crippen molar-refractivity contribution in [2.45, 2.75) is 31.6 Å². The zero-order valence-electron chi connectivity index (χ0n) is 14.9. The lowest BCUT2D eigenvalue weighted by molar-refractivity contribution is 0.102. The van der Waals surface area contributed by atoms with Crippen LogP contribution in [0, 0.1) is 0 Å². The van der Waals surface area contributed by atoms with Gasteiger partial charge in [-0.25, -0.2) is 0 Å². The van der Waals surface area contributed by atoms with Crippen molar-refractivity contribution in [3.05, 3.63) is 56.5 Å². The summed E-state index contributed by atoms with van der Waals surface area (Å²) in [6, 6.07) is 9.08. The molecule has 27 heavy (non-hydrogen) atoms. The van der Waals surface area contributed by atoms with E-state index in [2.05, 4.69) is 30.2 Å². The van der Waals surface area contributed by atoms with Gasteiger partial charge in [-0.3, -0.25) is 4.79 Å². The topological polar surface area (TPSA) is 41.1 Å². The van der Waals surface area contributed by atoms with Gasteiger partial charge in [0.25, 0.3) is 5.91 Å². The highest BCUT2D eigenvalue weighted by Gasteiger charge is 2.39. The Morgan fingerprint density at radius 1 is 1.11 bits per heavy atom. The molecule has 0 aliphatic heterocycles. The van der Waals surface area contributed by atoms with E-state index < -0.39 is 0 Å². The molecule has 1 aliphatic carbocycles. The molecule has 0 heterocycles. The van der Waals surface area contributed by atoms with Crippen LogP contribution in [0.25, 0.3) is 0 Å². The van der Waals surface area contributed by atoms with Crippen LogP contribution in [-0.2, 0) is 5.41 Å². The SMILES string of the molecule is CC1(c2cc(Cl)cc(NC(=O)c3cc(NCCCS)cc(Cl)c3Cl)c2)CC1. The van der Waals surface area contributed by atoms with Gasteiger partial charge < -0.3 is 10.6 Å². The molecular weight excluding hydrogens is 423 g/mol. The van der Waals surface area contributed by atoms with E-state index in [1.807, 2.05) is 12.1 Å². The third kappa shape index (κ3) is 5.05. The average Bonchev–Trinajstić information content (AvgIpc) is 3.36. The third-order valence-corrected chi connectivity index (χ3v) is 6.13. The molecule has 0 spiro atoms. The highest BCUT2D eigenvalue weighted by molar-refractivity contribution is 7.80. The van der Waals surface area contributed by atoms with E-state index in [9.17, 15) is 4.79 Å². The number of anilines is 2. The van der Waals surface area contributed by atoms with Crippen molar-refractivity contribution in [3.63, 3.8) is 0 Å². The number of amides is 1. The number of hydrogen-bond donors (Lipinski definition) is 3. The standard InChI is InChI=1S/C20H21Cl3N2OS/c1-20(3-4-20)12-7-13(21)9-15(8-12)25-19(26)16-10-14(24-5-2-6-27)11-17(22)18(16)23/h7-11,24,27H,2-6H2,1H3,(H,25,26). The quantitative estimate of drug-likeness (QED) is 0.330. The fourth-order valence-corrected chi connectivity index (χ4v) is 3.66. The average molecular weight is 444 g/mol. The van der Waals surface area contributed by atoms with E-state index in [0.29, 0.717) is 21.3 Å². The van der Waals surface area contributed by atoms with Crippen LogP contribution < -0.4 is 10.6 Å². The van der Waals surface area contributed by atoms with Crippen molar-refractivity contribution in [1.82, 2.24) is 0 Å². The van der Waals surface area contributed by atoms with E-state index in [0.717, 1.165) is 42.8 Å². The lowest BCUT2D eigenvalue weighted by Crippen LogP contribution is -2.14. The number of hydrogen-bond acceptors (Lipinski definition) is 3. The summed E-state index contributed by atoms with van der Waals surface area (Å²) in [5, 5.41) is 7.28. The van der Waals surface area contributed by atoms with E-state index in [4.69, 9.17) is 34.8 Å². The Kier molecular flexibility index (Phi) is 6.52.